The van der Waals surface area contributed by atoms with Gasteiger partial charge in [-0.3, -0.25) is 4.90 Å². The van der Waals surface area contributed by atoms with Crippen LogP contribution in [0.2, 0.25) is 0 Å². The number of hydrogen-bond acceptors (Lipinski definition) is 6. The van der Waals surface area contributed by atoms with Gasteiger partial charge < -0.3 is 18.8 Å². The number of carbonyl (C=O) groups is 1. The van der Waals surface area contributed by atoms with Gasteiger partial charge in [-0.15, -0.1) is 0 Å². The SMILES string of the molecule is CCOC(=O)/C=C/c1cc(B2OC(C)(C)C(C)(C)O2)ccc1OCCN1CCCC1. The number of carbonyl (C=O) groups excluding carboxylic acids is 1. The summed E-state index contributed by atoms with van der Waals surface area (Å²) in [6.45, 7) is 14.0. The van der Waals surface area contributed by atoms with Gasteiger partial charge in [-0.1, -0.05) is 12.1 Å². The van der Waals surface area contributed by atoms with Crippen molar-refractivity contribution in [2.75, 3.05) is 32.8 Å². The van der Waals surface area contributed by atoms with E-state index in [1.807, 2.05) is 45.9 Å². The minimum Gasteiger partial charge on any atom is -0.492 e. The van der Waals surface area contributed by atoms with E-state index in [-0.39, 0.29) is 5.97 Å². The smallest absolute Gasteiger partial charge is 0.492 e. The highest BCUT2D eigenvalue weighted by Gasteiger charge is 2.51. The molecule has 0 aromatic heterocycles. The molecule has 0 saturated carbocycles. The summed E-state index contributed by atoms with van der Waals surface area (Å²) in [5.74, 6) is 0.358. The molecule has 0 bridgehead atoms. The van der Waals surface area contributed by atoms with Gasteiger partial charge in [0.25, 0.3) is 0 Å². The summed E-state index contributed by atoms with van der Waals surface area (Å²) in [5, 5.41) is 0. The molecule has 0 atom stereocenters. The fourth-order valence-corrected chi connectivity index (χ4v) is 3.59. The number of ether oxygens (including phenoxy) is 2. The van der Waals surface area contributed by atoms with Crippen molar-refractivity contribution in [3.05, 3.63) is 29.8 Å². The molecule has 0 unspecified atom stereocenters. The summed E-state index contributed by atoms with van der Waals surface area (Å²) in [6.07, 6.45) is 5.69. The summed E-state index contributed by atoms with van der Waals surface area (Å²) in [4.78, 5) is 14.2. The number of nitrogens with zero attached hydrogens (tertiary/aromatic N) is 1. The maximum absolute atomic E-state index is 11.8. The van der Waals surface area contributed by atoms with Gasteiger partial charge >= 0.3 is 13.1 Å². The predicted octanol–water partition coefficient (Wildman–Crippen LogP) is 3.04. The molecule has 1 aromatic rings. The third kappa shape index (κ3) is 5.45. The van der Waals surface area contributed by atoms with E-state index in [4.69, 9.17) is 18.8 Å². The van der Waals surface area contributed by atoms with Crippen LogP contribution in [-0.2, 0) is 18.8 Å². The topological polar surface area (TPSA) is 57.2 Å². The Bertz CT molecular complexity index is 755. The number of hydrogen-bond donors (Lipinski definition) is 0. The summed E-state index contributed by atoms with van der Waals surface area (Å²) >= 11 is 0. The van der Waals surface area contributed by atoms with Crippen LogP contribution in [-0.4, -0.2) is 62.0 Å². The highest BCUT2D eigenvalue weighted by atomic mass is 16.7. The quantitative estimate of drug-likeness (QED) is 0.370. The molecule has 0 spiro atoms. The molecule has 3 rings (SSSR count). The fourth-order valence-electron chi connectivity index (χ4n) is 3.59. The van der Waals surface area contributed by atoms with Crippen molar-refractivity contribution >= 4 is 24.6 Å². The molecule has 0 aliphatic carbocycles. The first kappa shape index (κ1) is 22.9. The van der Waals surface area contributed by atoms with Crippen LogP contribution >= 0.6 is 0 Å². The second-order valence-electron chi connectivity index (χ2n) is 8.87. The van der Waals surface area contributed by atoms with Crippen LogP contribution in [0, 0.1) is 0 Å². The predicted molar refractivity (Wildman–Crippen MR) is 119 cm³/mol. The number of esters is 1. The first-order valence-corrected chi connectivity index (χ1v) is 10.9. The molecule has 0 radical (unpaired) electrons. The molecule has 2 aliphatic rings. The van der Waals surface area contributed by atoms with Crippen LogP contribution in [0.4, 0.5) is 0 Å². The van der Waals surface area contributed by atoms with Gasteiger partial charge in [-0.05, 0) is 78.2 Å². The lowest BCUT2D eigenvalue weighted by molar-refractivity contribution is -0.137. The minimum absolute atomic E-state index is 0.344. The molecular formula is C23H34BNO5. The van der Waals surface area contributed by atoms with E-state index < -0.39 is 18.3 Å². The Labute approximate surface area is 180 Å². The van der Waals surface area contributed by atoms with E-state index in [0.717, 1.165) is 36.4 Å². The first-order valence-electron chi connectivity index (χ1n) is 10.9. The highest BCUT2D eigenvalue weighted by Crippen LogP contribution is 2.36. The Hall–Kier alpha value is -1.83. The summed E-state index contributed by atoms with van der Waals surface area (Å²) in [7, 11) is -0.469. The Kier molecular flexibility index (Phi) is 7.27. The Morgan fingerprint density at radius 2 is 1.83 bits per heavy atom. The van der Waals surface area contributed by atoms with Crippen LogP contribution in [0.3, 0.4) is 0 Å². The molecule has 2 heterocycles. The van der Waals surface area contributed by atoms with Crippen LogP contribution in [0.1, 0.15) is 53.0 Å². The van der Waals surface area contributed by atoms with Crippen LogP contribution in [0.5, 0.6) is 5.75 Å². The number of benzene rings is 1. The third-order valence-corrected chi connectivity index (χ3v) is 6.11. The van der Waals surface area contributed by atoms with Gasteiger partial charge in [0.1, 0.15) is 12.4 Å². The molecule has 164 valence electrons. The van der Waals surface area contributed by atoms with Crippen molar-refractivity contribution < 1.29 is 23.6 Å². The molecule has 0 N–H and O–H groups in total. The molecule has 30 heavy (non-hydrogen) atoms. The third-order valence-electron chi connectivity index (χ3n) is 6.11. The van der Waals surface area contributed by atoms with Crippen molar-refractivity contribution in [3.63, 3.8) is 0 Å². The lowest BCUT2D eigenvalue weighted by Crippen LogP contribution is -2.41. The van der Waals surface area contributed by atoms with E-state index in [1.54, 1.807) is 13.0 Å². The molecule has 6 nitrogen and oxygen atoms in total. The second-order valence-corrected chi connectivity index (χ2v) is 8.87. The van der Waals surface area contributed by atoms with Crippen LogP contribution < -0.4 is 10.2 Å². The minimum atomic E-state index is -0.469. The normalized spacial score (nSPS) is 20.8. The van der Waals surface area contributed by atoms with Crippen molar-refractivity contribution in [1.29, 1.82) is 0 Å². The molecule has 2 aliphatic heterocycles. The van der Waals surface area contributed by atoms with Crippen molar-refractivity contribution in [3.8, 4) is 5.75 Å². The van der Waals surface area contributed by atoms with E-state index in [0.29, 0.717) is 13.2 Å². The van der Waals surface area contributed by atoms with Gasteiger partial charge in [0.05, 0.1) is 17.8 Å². The van der Waals surface area contributed by atoms with Crippen LogP contribution in [0.15, 0.2) is 24.3 Å². The zero-order chi connectivity index (χ0) is 21.8. The van der Waals surface area contributed by atoms with Gasteiger partial charge in [0, 0.05) is 18.2 Å². The van der Waals surface area contributed by atoms with Crippen molar-refractivity contribution in [2.45, 2.75) is 58.7 Å². The van der Waals surface area contributed by atoms with E-state index in [2.05, 4.69) is 4.90 Å². The maximum Gasteiger partial charge on any atom is 0.494 e. The zero-order valence-corrected chi connectivity index (χ0v) is 18.9. The summed E-state index contributed by atoms with van der Waals surface area (Å²) < 4.78 is 23.4. The lowest BCUT2D eigenvalue weighted by Gasteiger charge is -2.32. The van der Waals surface area contributed by atoms with Crippen molar-refractivity contribution in [2.24, 2.45) is 0 Å². The average Bonchev–Trinajstić information content (AvgIpc) is 3.26. The second kappa shape index (κ2) is 9.54. The van der Waals surface area contributed by atoms with Gasteiger partial charge in [-0.25, -0.2) is 4.79 Å². The monoisotopic (exact) mass is 415 g/mol. The molecule has 0 amide bonds. The maximum atomic E-state index is 11.8. The number of likely N-dealkylation sites (tertiary alicyclic amines) is 1. The largest absolute Gasteiger partial charge is 0.494 e. The van der Waals surface area contributed by atoms with Gasteiger partial charge in [-0.2, -0.15) is 0 Å². The Morgan fingerprint density at radius 3 is 2.47 bits per heavy atom. The Balaban J connectivity index is 1.77. The Morgan fingerprint density at radius 1 is 1.17 bits per heavy atom. The van der Waals surface area contributed by atoms with E-state index in [1.165, 1.54) is 18.9 Å². The average molecular weight is 415 g/mol. The van der Waals surface area contributed by atoms with Crippen molar-refractivity contribution in [1.82, 2.24) is 4.90 Å². The number of rotatable bonds is 8. The fraction of sp³-hybridized carbons (Fsp3) is 0.609. The van der Waals surface area contributed by atoms with E-state index in [9.17, 15) is 4.79 Å². The molecule has 2 fully saturated rings. The molecular weight excluding hydrogens is 381 g/mol. The standard InChI is InChI=1S/C23H34BNO5/c1-6-27-21(26)12-9-18-17-19(24-29-22(2,3)23(4,5)30-24)10-11-20(18)28-16-15-25-13-7-8-14-25/h9-12,17H,6-8,13-16H2,1-5H3/b12-9+. The highest BCUT2D eigenvalue weighted by molar-refractivity contribution is 6.62. The zero-order valence-electron chi connectivity index (χ0n) is 18.9. The lowest BCUT2D eigenvalue weighted by atomic mass is 9.78. The summed E-state index contributed by atoms with van der Waals surface area (Å²) in [6, 6.07) is 5.85. The summed E-state index contributed by atoms with van der Waals surface area (Å²) in [5.41, 5.74) is 0.869. The molecule has 2 saturated heterocycles. The van der Waals surface area contributed by atoms with E-state index >= 15 is 0 Å². The van der Waals surface area contributed by atoms with Gasteiger partial charge in [0.15, 0.2) is 0 Å². The molecule has 1 aromatic carbocycles. The first-order chi connectivity index (χ1) is 14.2. The molecule has 7 heteroatoms. The van der Waals surface area contributed by atoms with Gasteiger partial charge in [0.2, 0.25) is 0 Å². The van der Waals surface area contributed by atoms with Crippen LogP contribution in [0.25, 0.3) is 6.08 Å².